The summed E-state index contributed by atoms with van der Waals surface area (Å²) < 4.78 is 2.78. The molecule has 0 aliphatic carbocycles. The molecule has 1 N–H and O–H groups in total. The van der Waals surface area contributed by atoms with Gasteiger partial charge in [-0.3, -0.25) is 4.79 Å². The first-order chi connectivity index (χ1) is 12.0. The summed E-state index contributed by atoms with van der Waals surface area (Å²) >= 11 is 8.69. The first-order valence-electron chi connectivity index (χ1n) is 7.80. The van der Waals surface area contributed by atoms with Crippen molar-refractivity contribution in [3.05, 3.63) is 79.6 Å². The number of hydrogen-bond acceptors (Lipinski definition) is 2. The number of aromatic nitrogens is 2. The zero-order valence-electron chi connectivity index (χ0n) is 13.9. The molecule has 1 aromatic heterocycles. The number of anilines is 1. The van der Waals surface area contributed by atoms with E-state index >= 15 is 0 Å². The molecule has 4 nitrogen and oxygen atoms in total. The number of hydrogen-bond donors (Lipinski definition) is 1. The molecule has 0 unspecified atom stereocenters. The van der Waals surface area contributed by atoms with E-state index in [1.54, 1.807) is 11.6 Å². The zero-order chi connectivity index (χ0) is 18.0. The van der Waals surface area contributed by atoms with Crippen molar-refractivity contribution in [2.75, 3.05) is 5.32 Å². The first-order valence-corrected chi connectivity index (χ1v) is 9.25. The second-order valence-electron chi connectivity index (χ2n) is 5.81. The van der Waals surface area contributed by atoms with Crippen LogP contribution in [0.3, 0.4) is 0 Å². The summed E-state index contributed by atoms with van der Waals surface area (Å²) in [5.74, 6) is -0.244. The Morgan fingerprint density at radius 1 is 1.20 bits per heavy atom. The molecule has 0 aliphatic heterocycles. The van der Waals surface area contributed by atoms with Gasteiger partial charge in [0, 0.05) is 9.26 Å². The van der Waals surface area contributed by atoms with Crippen LogP contribution >= 0.6 is 34.2 Å². The summed E-state index contributed by atoms with van der Waals surface area (Å²) in [6.45, 7) is 4.28. The van der Waals surface area contributed by atoms with Gasteiger partial charge in [0.2, 0.25) is 0 Å². The Morgan fingerprint density at radius 3 is 2.60 bits per heavy atom. The predicted octanol–water partition coefficient (Wildman–Crippen LogP) is 5.06. The highest BCUT2D eigenvalue weighted by molar-refractivity contribution is 14.1. The molecule has 0 atom stereocenters. The Bertz CT molecular complexity index is 922. The SMILES string of the molecule is Cc1cc(I)ccc1NC(=O)c1c(C)nn(Cc2ccccc2)c1Cl. The van der Waals surface area contributed by atoms with Gasteiger partial charge in [-0.05, 0) is 65.8 Å². The molecule has 1 amide bonds. The summed E-state index contributed by atoms with van der Waals surface area (Å²) in [5, 5.41) is 7.71. The average Bonchev–Trinajstić information content (AvgIpc) is 2.85. The fourth-order valence-corrected chi connectivity index (χ4v) is 3.59. The van der Waals surface area contributed by atoms with Crippen molar-refractivity contribution in [3.63, 3.8) is 0 Å². The van der Waals surface area contributed by atoms with Gasteiger partial charge in [0.05, 0.1) is 17.8 Å². The minimum Gasteiger partial charge on any atom is -0.322 e. The maximum atomic E-state index is 12.7. The normalized spacial score (nSPS) is 10.7. The van der Waals surface area contributed by atoms with Crippen LogP contribution in [0.25, 0.3) is 0 Å². The number of nitrogens with zero attached hydrogens (tertiary/aromatic N) is 2. The monoisotopic (exact) mass is 465 g/mol. The van der Waals surface area contributed by atoms with Crippen LogP contribution in [-0.2, 0) is 6.54 Å². The lowest BCUT2D eigenvalue weighted by Crippen LogP contribution is -2.14. The highest BCUT2D eigenvalue weighted by Gasteiger charge is 2.21. The minimum absolute atomic E-state index is 0.244. The van der Waals surface area contributed by atoms with Crippen LogP contribution in [0.5, 0.6) is 0 Å². The van der Waals surface area contributed by atoms with Gasteiger partial charge in [-0.1, -0.05) is 41.9 Å². The molecule has 6 heteroatoms. The van der Waals surface area contributed by atoms with Crippen molar-refractivity contribution in [2.45, 2.75) is 20.4 Å². The molecule has 25 heavy (non-hydrogen) atoms. The van der Waals surface area contributed by atoms with E-state index in [-0.39, 0.29) is 5.91 Å². The third kappa shape index (κ3) is 4.04. The number of halogens is 2. The molecule has 3 aromatic rings. The van der Waals surface area contributed by atoms with Crippen molar-refractivity contribution in [3.8, 4) is 0 Å². The molecule has 128 valence electrons. The summed E-state index contributed by atoms with van der Waals surface area (Å²) in [6, 6.07) is 15.8. The number of carbonyl (C=O) groups is 1. The van der Waals surface area contributed by atoms with Crippen LogP contribution in [0.1, 0.15) is 27.2 Å². The van der Waals surface area contributed by atoms with Gasteiger partial charge in [-0.25, -0.2) is 4.68 Å². The standard InChI is InChI=1S/C19H17ClIN3O/c1-12-10-15(21)8-9-16(12)22-19(25)17-13(2)23-24(18(17)20)11-14-6-4-3-5-7-14/h3-10H,11H2,1-2H3,(H,22,25). The molecular weight excluding hydrogens is 449 g/mol. The fourth-order valence-electron chi connectivity index (χ4n) is 2.62. The Hall–Kier alpha value is -1.86. The zero-order valence-corrected chi connectivity index (χ0v) is 16.8. The van der Waals surface area contributed by atoms with E-state index < -0.39 is 0 Å². The van der Waals surface area contributed by atoms with Crippen LogP contribution in [0.2, 0.25) is 5.15 Å². The number of rotatable bonds is 4. The third-order valence-electron chi connectivity index (χ3n) is 3.90. The lowest BCUT2D eigenvalue weighted by Gasteiger charge is -2.09. The van der Waals surface area contributed by atoms with Crippen molar-refractivity contribution >= 4 is 45.8 Å². The smallest absolute Gasteiger partial charge is 0.260 e. The molecule has 3 rings (SSSR count). The quantitative estimate of drug-likeness (QED) is 0.548. The van der Waals surface area contributed by atoms with Crippen LogP contribution in [0, 0.1) is 17.4 Å². The van der Waals surface area contributed by atoms with E-state index in [2.05, 4.69) is 33.0 Å². The number of amides is 1. The lowest BCUT2D eigenvalue weighted by molar-refractivity contribution is 0.102. The van der Waals surface area contributed by atoms with E-state index in [4.69, 9.17) is 11.6 Å². The molecule has 0 saturated carbocycles. The molecule has 0 spiro atoms. The molecule has 2 aromatic carbocycles. The van der Waals surface area contributed by atoms with Gasteiger partial charge >= 0.3 is 0 Å². The van der Waals surface area contributed by atoms with Crippen molar-refractivity contribution in [1.29, 1.82) is 0 Å². The summed E-state index contributed by atoms with van der Waals surface area (Å²) in [6.07, 6.45) is 0. The Balaban J connectivity index is 1.85. The van der Waals surface area contributed by atoms with Crippen LogP contribution < -0.4 is 5.32 Å². The number of aryl methyl sites for hydroxylation is 2. The maximum absolute atomic E-state index is 12.7. The van der Waals surface area contributed by atoms with Gasteiger partial charge in [0.1, 0.15) is 5.15 Å². The van der Waals surface area contributed by atoms with E-state index in [0.29, 0.717) is 23.0 Å². The van der Waals surface area contributed by atoms with Crippen LogP contribution in [0.4, 0.5) is 5.69 Å². The van der Waals surface area contributed by atoms with Crippen molar-refractivity contribution < 1.29 is 4.79 Å². The maximum Gasteiger partial charge on any atom is 0.260 e. The summed E-state index contributed by atoms with van der Waals surface area (Å²) in [7, 11) is 0. The van der Waals surface area contributed by atoms with Gasteiger partial charge in [0.15, 0.2) is 0 Å². The largest absolute Gasteiger partial charge is 0.322 e. The lowest BCUT2D eigenvalue weighted by atomic mass is 10.2. The topological polar surface area (TPSA) is 46.9 Å². The van der Waals surface area contributed by atoms with E-state index in [1.807, 2.05) is 55.5 Å². The molecule has 0 bridgehead atoms. The van der Waals surface area contributed by atoms with E-state index in [1.165, 1.54) is 0 Å². The van der Waals surface area contributed by atoms with Crippen molar-refractivity contribution in [2.24, 2.45) is 0 Å². The second-order valence-corrected chi connectivity index (χ2v) is 7.41. The molecule has 1 heterocycles. The van der Waals surface area contributed by atoms with E-state index in [9.17, 15) is 4.79 Å². The van der Waals surface area contributed by atoms with Crippen LogP contribution in [-0.4, -0.2) is 15.7 Å². The molecular formula is C19H17ClIN3O. The van der Waals surface area contributed by atoms with Crippen LogP contribution in [0.15, 0.2) is 48.5 Å². The third-order valence-corrected chi connectivity index (χ3v) is 4.96. The Morgan fingerprint density at radius 2 is 1.92 bits per heavy atom. The number of carbonyl (C=O) groups excluding carboxylic acids is 1. The van der Waals surface area contributed by atoms with Gasteiger partial charge < -0.3 is 5.32 Å². The average molecular weight is 466 g/mol. The summed E-state index contributed by atoms with van der Waals surface area (Å²) in [5.41, 5.74) is 3.88. The second kappa shape index (κ2) is 7.58. The highest BCUT2D eigenvalue weighted by Crippen LogP contribution is 2.24. The Kier molecular flexibility index (Phi) is 5.44. The van der Waals surface area contributed by atoms with Gasteiger partial charge in [-0.15, -0.1) is 0 Å². The molecule has 0 aliphatic rings. The number of benzene rings is 2. The predicted molar refractivity (Wildman–Crippen MR) is 109 cm³/mol. The molecule has 0 radical (unpaired) electrons. The summed E-state index contributed by atoms with van der Waals surface area (Å²) in [4.78, 5) is 12.7. The first kappa shape index (κ1) is 17.9. The molecule has 0 fully saturated rings. The van der Waals surface area contributed by atoms with Crippen molar-refractivity contribution in [1.82, 2.24) is 9.78 Å². The highest BCUT2D eigenvalue weighted by atomic mass is 127. The minimum atomic E-state index is -0.244. The van der Waals surface area contributed by atoms with Gasteiger partial charge in [-0.2, -0.15) is 5.10 Å². The fraction of sp³-hybridized carbons (Fsp3) is 0.158. The van der Waals surface area contributed by atoms with Gasteiger partial charge in [0.25, 0.3) is 5.91 Å². The van der Waals surface area contributed by atoms with E-state index in [0.717, 1.165) is 20.4 Å². The number of nitrogens with one attached hydrogen (secondary N) is 1. The molecule has 0 saturated heterocycles. The Labute approximate surface area is 165 Å².